The van der Waals surface area contributed by atoms with Crippen LogP contribution in [0.4, 0.5) is 0 Å². The van der Waals surface area contributed by atoms with Crippen molar-refractivity contribution in [3.05, 3.63) is 29.8 Å². The predicted molar refractivity (Wildman–Crippen MR) is 130 cm³/mol. The van der Waals surface area contributed by atoms with Crippen LogP contribution in [0.5, 0.6) is 5.75 Å². The number of nitrogens with zero attached hydrogens (tertiary/aromatic N) is 1. The molecule has 1 aromatic rings. The minimum absolute atomic E-state index is 0.0432. The van der Waals surface area contributed by atoms with Gasteiger partial charge in [0.2, 0.25) is 17.7 Å². The van der Waals surface area contributed by atoms with Crippen LogP contribution in [0.25, 0.3) is 0 Å². The lowest BCUT2D eigenvalue weighted by Crippen LogP contribution is -2.57. The van der Waals surface area contributed by atoms with Gasteiger partial charge in [0.1, 0.15) is 17.8 Å². The molecule has 0 radical (unpaired) electrons. The molecule has 0 aromatic heterocycles. The van der Waals surface area contributed by atoms with E-state index >= 15 is 0 Å². The number of carboxylic acids is 1. The highest BCUT2D eigenvalue weighted by Crippen LogP contribution is 2.11. The summed E-state index contributed by atoms with van der Waals surface area (Å²) in [7, 11) is 0. The van der Waals surface area contributed by atoms with Gasteiger partial charge in [-0.25, -0.2) is 4.79 Å². The van der Waals surface area contributed by atoms with E-state index in [2.05, 4.69) is 20.9 Å². The Bertz CT molecular complexity index is 933. The highest BCUT2D eigenvalue weighted by atomic mass is 16.4. The average molecular weight is 510 g/mol. The first kappa shape index (κ1) is 30.1. The van der Waals surface area contributed by atoms with Crippen LogP contribution in [-0.2, 0) is 25.6 Å². The molecule has 3 amide bonds. The lowest BCUT2D eigenvalue weighted by molar-refractivity contribution is -0.145. The van der Waals surface area contributed by atoms with Crippen molar-refractivity contribution in [1.29, 1.82) is 0 Å². The van der Waals surface area contributed by atoms with E-state index in [1.165, 1.54) is 26.0 Å². The van der Waals surface area contributed by atoms with Gasteiger partial charge in [-0.2, -0.15) is 0 Å². The van der Waals surface area contributed by atoms with E-state index in [-0.39, 0.29) is 37.5 Å². The number of benzene rings is 1. The van der Waals surface area contributed by atoms with Crippen molar-refractivity contribution in [3.63, 3.8) is 0 Å². The number of hydrogen-bond acceptors (Lipinski definition) is 8. The largest absolute Gasteiger partial charge is 0.508 e. The number of carbonyl (C=O) groups is 4. The van der Waals surface area contributed by atoms with Crippen LogP contribution in [-0.4, -0.2) is 81.8 Å². The number of aliphatic imine (C=N–C) groups is 1. The van der Waals surface area contributed by atoms with Crippen molar-refractivity contribution >= 4 is 29.7 Å². The van der Waals surface area contributed by atoms with E-state index in [1.54, 1.807) is 12.1 Å². The molecule has 5 unspecified atom stereocenters. The summed E-state index contributed by atoms with van der Waals surface area (Å²) in [6.07, 6.45) is -0.924. The SMILES string of the molecule is CC(NC(=O)C(N)Cc1ccc(O)cc1)C(=O)NC(CCCN=C(N)N)C(=O)NC(C(=O)O)C(C)O. The van der Waals surface area contributed by atoms with Crippen molar-refractivity contribution < 1.29 is 34.5 Å². The maximum Gasteiger partial charge on any atom is 0.328 e. The Balaban J connectivity index is 2.81. The summed E-state index contributed by atoms with van der Waals surface area (Å²) in [6.45, 7) is 2.74. The fourth-order valence-electron chi connectivity index (χ4n) is 3.08. The molecular formula is C22H35N7O7. The number of carbonyl (C=O) groups excluding carboxylic acids is 3. The van der Waals surface area contributed by atoms with E-state index in [4.69, 9.17) is 17.2 Å². The molecule has 12 N–H and O–H groups in total. The molecule has 0 aliphatic heterocycles. The van der Waals surface area contributed by atoms with Gasteiger partial charge in [0.15, 0.2) is 12.0 Å². The average Bonchev–Trinajstić information content (AvgIpc) is 2.79. The molecule has 200 valence electrons. The van der Waals surface area contributed by atoms with Crippen molar-refractivity contribution in [3.8, 4) is 5.75 Å². The van der Waals surface area contributed by atoms with E-state index in [9.17, 15) is 34.5 Å². The van der Waals surface area contributed by atoms with Gasteiger partial charge in [-0.05, 0) is 50.8 Å². The second kappa shape index (κ2) is 14.5. The van der Waals surface area contributed by atoms with Gasteiger partial charge in [0.25, 0.3) is 0 Å². The van der Waals surface area contributed by atoms with Gasteiger partial charge in [-0.15, -0.1) is 0 Å². The Hall–Kier alpha value is -3.91. The van der Waals surface area contributed by atoms with E-state index in [0.717, 1.165) is 0 Å². The zero-order valence-corrected chi connectivity index (χ0v) is 20.2. The van der Waals surface area contributed by atoms with Crippen LogP contribution >= 0.6 is 0 Å². The van der Waals surface area contributed by atoms with Crippen LogP contribution in [0.1, 0.15) is 32.3 Å². The second-order valence-electron chi connectivity index (χ2n) is 8.28. The van der Waals surface area contributed by atoms with Crippen molar-refractivity contribution in [2.24, 2.45) is 22.2 Å². The second-order valence-corrected chi connectivity index (χ2v) is 8.28. The third-order valence-electron chi connectivity index (χ3n) is 5.11. The number of aliphatic carboxylic acids is 1. The molecule has 0 saturated heterocycles. The maximum atomic E-state index is 12.7. The summed E-state index contributed by atoms with van der Waals surface area (Å²) >= 11 is 0. The quantitative estimate of drug-likeness (QED) is 0.0709. The zero-order chi connectivity index (χ0) is 27.4. The first-order chi connectivity index (χ1) is 16.8. The number of guanidine groups is 1. The third kappa shape index (κ3) is 10.6. The maximum absolute atomic E-state index is 12.7. The number of phenolic OH excluding ortho intramolecular Hbond substituents is 1. The van der Waals surface area contributed by atoms with E-state index < -0.39 is 54.0 Å². The number of aliphatic hydroxyl groups is 1. The molecule has 0 bridgehead atoms. The topological polar surface area (TPSA) is 255 Å². The third-order valence-corrected chi connectivity index (χ3v) is 5.11. The lowest BCUT2D eigenvalue weighted by Gasteiger charge is -2.24. The predicted octanol–water partition coefficient (Wildman–Crippen LogP) is -2.74. The molecule has 14 nitrogen and oxygen atoms in total. The van der Waals surface area contributed by atoms with Crippen LogP contribution in [0.15, 0.2) is 29.3 Å². The number of nitrogens with two attached hydrogens (primary N) is 3. The minimum atomic E-state index is -1.59. The fourth-order valence-corrected chi connectivity index (χ4v) is 3.08. The number of nitrogens with one attached hydrogen (secondary N) is 3. The molecule has 5 atom stereocenters. The number of carboxylic acid groups (broad SMARTS) is 1. The Labute approximate surface area is 208 Å². The van der Waals surface area contributed by atoms with Gasteiger partial charge in [-0.3, -0.25) is 19.4 Å². The molecule has 0 aliphatic carbocycles. The number of phenols is 1. The first-order valence-electron chi connectivity index (χ1n) is 11.2. The molecule has 1 aromatic carbocycles. The summed E-state index contributed by atoms with van der Waals surface area (Å²) in [6, 6.07) is 1.29. The number of aromatic hydroxyl groups is 1. The van der Waals surface area contributed by atoms with Gasteiger partial charge < -0.3 is 48.5 Å². The Kier molecular flexibility index (Phi) is 12.1. The summed E-state index contributed by atoms with van der Waals surface area (Å²) in [5.74, 6) is -3.70. The molecule has 0 saturated carbocycles. The van der Waals surface area contributed by atoms with Crippen molar-refractivity contribution in [1.82, 2.24) is 16.0 Å². The van der Waals surface area contributed by atoms with Gasteiger partial charge >= 0.3 is 5.97 Å². The van der Waals surface area contributed by atoms with Gasteiger partial charge in [-0.1, -0.05) is 12.1 Å². The monoisotopic (exact) mass is 509 g/mol. The number of rotatable bonds is 14. The molecule has 0 spiro atoms. The molecule has 0 aliphatic rings. The molecule has 0 fully saturated rings. The van der Waals surface area contributed by atoms with Crippen LogP contribution in [0.2, 0.25) is 0 Å². The Morgan fingerprint density at radius 3 is 2.11 bits per heavy atom. The number of aliphatic hydroxyl groups excluding tert-OH is 1. The first-order valence-corrected chi connectivity index (χ1v) is 11.2. The normalized spacial score (nSPS) is 14.9. The lowest BCUT2D eigenvalue weighted by atomic mass is 10.1. The standard InChI is InChI=1S/C22H35N7O7/c1-11(27-19(33)15(23)10-13-5-7-14(31)8-6-13)18(32)28-16(4-3-9-26-22(24)25)20(34)29-17(12(2)30)21(35)36/h5-8,11-12,15-17,30-31H,3-4,9-10,23H2,1-2H3,(H,27,33)(H,28,32)(H,29,34)(H,35,36)(H4,24,25,26). The van der Waals surface area contributed by atoms with Crippen molar-refractivity contribution in [2.45, 2.75) is 63.4 Å². The van der Waals surface area contributed by atoms with Crippen molar-refractivity contribution in [2.75, 3.05) is 6.54 Å². The van der Waals surface area contributed by atoms with E-state index in [1.807, 2.05) is 0 Å². The van der Waals surface area contributed by atoms with Gasteiger partial charge in [0, 0.05) is 6.54 Å². The van der Waals surface area contributed by atoms with E-state index in [0.29, 0.717) is 5.56 Å². The highest BCUT2D eigenvalue weighted by molar-refractivity contribution is 5.94. The minimum Gasteiger partial charge on any atom is -0.508 e. The number of amides is 3. The highest BCUT2D eigenvalue weighted by Gasteiger charge is 2.30. The Morgan fingerprint density at radius 1 is 0.972 bits per heavy atom. The molecule has 36 heavy (non-hydrogen) atoms. The van der Waals surface area contributed by atoms with Crippen LogP contribution < -0.4 is 33.2 Å². The fraction of sp³-hybridized carbons (Fsp3) is 0.500. The molecular weight excluding hydrogens is 474 g/mol. The molecule has 1 rings (SSSR count). The van der Waals surface area contributed by atoms with Crippen LogP contribution in [0.3, 0.4) is 0 Å². The summed E-state index contributed by atoms with van der Waals surface area (Å²) in [5, 5.41) is 35.3. The number of hydrogen-bond donors (Lipinski definition) is 9. The summed E-state index contributed by atoms with van der Waals surface area (Å²) in [5.41, 5.74) is 17.2. The summed E-state index contributed by atoms with van der Waals surface area (Å²) in [4.78, 5) is 52.9. The summed E-state index contributed by atoms with van der Waals surface area (Å²) < 4.78 is 0. The molecule has 0 heterocycles. The van der Waals surface area contributed by atoms with Crippen LogP contribution in [0, 0.1) is 0 Å². The zero-order valence-electron chi connectivity index (χ0n) is 20.2. The Morgan fingerprint density at radius 2 is 1.58 bits per heavy atom. The smallest absolute Gasteiger partial charge is 0.328 e. The van der Waals surface area contributed by atoms with Gasteiger partial charge in [0.05, 0.1) is 12.1 Å². The molecule has 14 heteroatoms.